The molecule has 2 aliphatic rings. The molecule has 2 nitrogen and oxygen atoms in total. The molecule has 0 N–H and O–H groups in total. The minimum Gasteiger partial charge on any atom is -0.303 e. The first-order valence-corrected chi connectivity index (χ1v) is 8.71. The normalized spacial score (nSPS) is 26.7. The molecule has 2 heteroatoms. The maximum Gasteiger partial charge on any atom is 0.0120 e. The van der Waals surface area contributed by atoms with Gasteiger partial charge in [-0.25, -0.2) is 0 Å². The van der Waals surface area contributed by atoms with E-state index in [0.29, 0.717) is 0 Å². The van der Waals surface area contributed by atoms with Crippen LogP contribution in [0.5, 0.6) is 0 Å². The Morgan fingerprint density at radius 1 is 0.947 bits per heavy atom. The second-order valence-electron chi connectivity index (χ2n) is 6.83. The van der Waals surface area contributed by atoms with Crippen LogP contribution in [0.1, 0.15) is 59.3 Å². The molecule has 0 aromatic heterocycles. The third kappa shape index (κ3) is 4.19. The third-order valence-corrected chi connectivity index (χ3v) is 5.64. The maximum atomic E-state index is 2.81. The second kappa shape index (κ2) is 7.64. The zero-order chi connectivity index (χ0) is 13.7. The average molecular weight is 266 g/mol. The molecule has 2 rings (SSSR count). The van der Waals surface area contributed by atoms with E-state index in [1.165, 1.54) is 71.2 Å². The summed E-state index contributed by atoms with van der Waals surface area (Å²) < 4.78 is 0. The van der Waals surface area contributed by atoms with E-state index < -0.39 is 0 Å². The van der Waals surface area contributed by atoms with Gasteiger partial charge in [0.2, 0.25) is 0 Å². The van der Waals surface area contributed by atoms with Crippen molar-refractivity contribution < 1.29 is 0 Å². The van der Waals surface area contributed by atoms with Crippen molar-refractivity contribution in [3.05, 3.63) is 0 Å². The second-order valence-corrected chi connectivity index (χ2v) is 6.83. The molecule has 0 spiro atoms. The van der Waals surface area contributed by atoms with Crippen LogP contribution in [-0.4, -0.2) is 48.6 Å². The Hall–Kier alpha value is -0.0800. The van der Waals surface area contributed by atoms with Crippen LogP contribution < -0.4 is 0 Å². The highest BCUT2D eigenvalue weighted by Gasteiger charge is 2.29. The Balaban J connectivity index is 1.71. The summed E-state index contributed by atoms with van der Waals surface area (Å²) in [5.41, 5.74) is 0. The minimum atomic E-state index is 0.894. The molecule has 0 aliphatic carbocycles. The van der Waals surface area contributed by atoms with E-state index in [0.717, 1.165) is 17.9 Å². The number of hydrogen-bond donors (Lipinski definition) is 0. The van der Waals surface area contributed by atoms with Crippen molar-refractivity contribution in [2.75, 3.05) is 32.7 Å². The fraction of sp³-hybridized carbons (Fsp3) is 1.00. The summed E-state index contributed by atoms with van der Waals surface area (Å²) in [5, 5.41) is 0. The van der Waals surface area contributed by atoms with Crippen molar-refractivity contribution in [3.8, 4) is 0 Å². The molecular formula is C17H34N2. The molecule has 1 atom stereocenters. The first-order valence-electron chi connectivity index (χ1n) is 8.71. The van der Waals surface area contributed by atoms with Gasteiger partial charge in [-0.2, -0.15) is 0 Å². The number of hydrogen-bond acceptors (Lipinski definition) is 2. The van der Waals surface area contributed by atoms with E-state index in [4.69, 9.17) is 0 Å². The van der Waals surface area contributed by atoms with Gasteiger partial charge in [0.15, 0.2) is 0 Å². The van der Waals surface area contributed by atoms with Gasteiger partial charge < -0.3 is 9.80 Å². The van der Waals surface area contributed by atoms with E-state index in [1.54, 1.807) is 0 Å². The van der Waals surface area contributed by atoms with Crippen molar-refractivity contribution in [2.24, 2.45) is 11.8 Å². The number of rotatable bonds is 5. The van der Waals surface area contributed by atoms with Gasteiger partial charge >= 0.3 is 0 Å². The summed E-state index contributed by atoms with van der Waals surface area (Å²) in [5.74, 6) is 1.94. The summed E-state index contributed by atoms with van der Waals surface area (Å²) in [4.78, 5) is 5.46. The van der Waals surface area contributed by atoms with Gasteiger partial charge in [-0.1, -0.05) is 27.2 Å². The lowest BCUT2D eigenvalue weighted by molar-refractivity contribution is 0.0669. The summed E-state index contributed by atoms with van der Waals surface area (Å²) in [6.07, 6.45) is 8.39. The Kier molecular flexibility index (Phi) is 6.15. The highest BCUT2D eigenvalue weighted by atomic mass is 15.2. The first-order chi connectivity index (χ1) is 9.24. The van der Waals surface area contributed by atoms with Gasteiger partial charge in [0.25, 0.3) is 0 Å². The van der Waals surface area contributed by atoms with Crippen LogP contribution in [0.2, 0.25) is 0 Å². The first kappa shape index (κ1) is 15.3. The fourth-order valence-corrected chi connectivity index (χ4v) is 4.01. The zero-order valence-electron chi connectivity index (χ0n) is 13.4. The molecule has 0 aromatic rings. The number of likely N-dealkylation sites (tertiary alicyclic amines) is 2. The van der Waals surface area contributed by atoms with Crippen LogP contribution in [0.4, 0.5) is 0 Å². The van der Waals surface area contributed by atoms with E-state index >= 15 is 0 Å². The van der Waals surface area contributed by atoms with Gasteiger partial charge in [-0.05, 0) is 76.7 Å². The molecule has 2 fully saturated rings. The Bertz CT molecular complexity index is 238. The van der Waals surface area contributed by atoms with Crippen LogP contribution in [0.3, 0.4) is 0 Å². The van der Waals surface area contributed by atoms with Crippen LogP contribution >= 0.6 is 0 Å². The Labute approximate surface area is 120 Å². The average Bonchev–Trinajstić information content (AvgIpc) is 2.48. The zero-order valence-corrected chi connectivity index (χ0v) is 13.4. The summed E-state index contributed by atoms with van der Waals surface area (Å²) in [6.45, 7) is 13.8. The summed E-state index contributed by atoms with van der Waals surface area (Å²) >= 11 is 0. The van der Waals surface area contributed by atoms with E-state index in [-0.39, 0.29) is 0 Å². The number of nitrogens with zero attached hydrogens (tertiary/aromatic N) is 2. The van der Waals surface area contributed by atoms with Crippen LogP contribution in [0.25, 0.3) is 0 Å². The standard InChI is InChI=1S/C17H34N2/c1-4-10-18-11-8-17(9-12-18)19-13-6-16(7-14-19)15(3)5-2/h15-17H,4-14H2,1-3H3. The lowest BCUT2D eigenvalue weighted by Crippen LogP contribution is -2.48. The largest absolute Gasteiger partial charge is 0.303 e. The summed E-state index contributed by atoms with van der Waals surface area (Å²) in [6, 6.07) is 0.894. The van der Waals surface area contributed by atoms with Crippen molar-refractivity contribution in [3.63, 3.8) is 0 Å². The highest BCUT2D eigenvalue weighted by molar-refractivity contribution is 4.84. The molecule has 0 bridgehead atoms. The Morgan fingerprint density at radius 2 is 1.58 bits per heavy atom. The molecule has 2 saturated heterocycles. The predicted octanol–water partition coefficient (Wildman–Crippen LogP) is 3.62. The highest BCUT2D eigenvalue weighted by Crippen LogP contribution is 2.29. The van der Waals surface area contributed by atoms with Crippen LogP contribution in [-0.2, 0) is 0 Å². The van der Waals surface area contributed by atoms with Gasteiger partial charge in [-0.15, -0.1) is 0 Å². The molecule has 1 unspecified atom stereocenters. The smallest absolute Gasteiger partial charge is 0.0120 e. The molecule has 0 radical (unpaired) electrons. The van der Waals surface area contributed by atoms with E-state index in [2.05, 4.69) is 30.6 Å². The molecule has 2 heterocycles. The van der Waals surface area contributed by atoms with Gasteiger partial charge in [0, 0.05) is 6.04 Å². The molecular weight excluding hydrogens is 232 g/mol. The molecule has 0 amide bonds. The van der Waals surface area contributed by atoms with Crippen LogP contribution in [0.15, 0.2) is 0 Å². The van der Waals surface area contributed by atoms with E-state index in [9.17, 15) is 0 Å². The van der Waals surface area contributed by atoms with Crippen molar-refractivity contribution in [1.82, 2.24) is 9.80 Å². The predicted molar refractivity (Wildman–Crippen MR) is 83.5 cm³/mol. The Morgan fingerprint density at radius 3 is 2.11 bits per heavy atom. The molecule has 0 saturated carbocycles. The molecule has 112 valence electrons. The summed E-state index contributed by atoms with van der Waals surface area (Å²) in [7, 11) is 0. The lowest BCUT2D eigenvalue weighted by atomic mass is 9.83. The monoisotopic (exact) mass is 266 g/mol. The molecule has 19 heavy (non-hydrogen) atoms. The molecule has 0 aromatic carbocycles. The van der Waals surface area contributed by atoms with Crippen LogP contribution in [0, 0.1) is 11.8 Å². The maximum absolute atomic E-state index is 2.81. The van der Waals surface area contributed by atoms with Gasteiger partial charge in [-0.3, -0.25) is 0 Å². The third-order valence-electron chi connectivity index (χ3n) is 5.64. The van der Waals surface area contributed by atoms with Crippen molar-refractivity contribution in [1.29, 1.82) is 0 Å². The van der Waals surface area contributed by atoms with Crippen molar-refractivity contribution >= 4 is 0 Å². The topological polar surface area (TPSA) is 6.48 Å². The minimum absolute atomic E-state index is 0.894. The fourth-order valence-electron chi connectivity index (χ4n) is 4.01. The van der Waals surface area contributed by atoms with Crippen molar-refractivity contribution in [2.45, 2.75) is 65.3 Å². The quantitative estimate of drug-likeness (QED) is 0.750. The molecule has 2 aliphatic heterocycles. The van der Waals surface area contributed by atoms with Gasteiger partial charge in [0.05, 0.1) is 0 Å². The SMILES string of the molecule is CCCN1CCC(N2CCC(C(C)CC)CC2)CC1. The lowest BCUT2D eigenvalue weighted by Gasteiger charge is -2.42. The van der Waals surface area contributed by atoms with E-state index in [1.807, 2.05) is 0 Å². The number of piperidine rings is 2. The van der Waals surface area contributed by atoms with Gasteiger partial charge in [0.1, 0.15) is 0 Å².